The first-order chi connectivity index (χ1) is 9.60. The van der Waals surface area contributed by atoms with Gasteiger partial charge < -0.3 is 16.2 Å². The topological polar surface area (TPSA) is 58.3 Å². The Hall–Kier alpha value is -2.14. The number of nitrogens with two attached hydrogens (primary N) is 1. The van der Waals surface area contributed by atoms with E-state index in [1.165, 1.54) is 6.07 Å². The smallest absolute Gasteiger partial charge is 0.265 e. The Balaban J connectivity index is 2.14. The second-order valence-corrected chi connectivity index (χ2v) is 4.48. The molecule has 0 aromatic heterocycles. The van der Waals surface area contributed by atoms with E-state index in [1.54, 1.807) is 18.2 Å². The van der Waals surface area contributed by atoms with E-state index < -0.39 is 6.43 Å². The quantitative estimate of drug-likeness (QED) is 0.735. The van der Waals surface area contributed by atoms with Crippen molar-refractivity contribution in [2.24, 2.45) is 0 Å². The fourth-order valence-electron chi connectivity index (χ4n) is 1.96. The highest BCUT2D eigenvalue weighted by molar-refractivity contribution is 5.58. The highest BCUT2D eigenvalue weighted by Crippen LogP contribution is 2.29. The molecule has 20 heavy (non-hydrogen) atoms. The minimum absolute atomic E-state index is 0.0437. The van der Waals surface area contributed by atoms with Crippen LogP contribution in [0.15, 0.2) is 42.5 Å². The normalized spacial score (nSPS) is 10.8. The molecule has 0 spiro atoms. The molecule has 0 aliphatic rings. The van der Waals surface area contributed by atoms with Crippen LogP contribution in [0.25, 0.3) is 0 Å². The van der Waals surface area contributed by atoms with Crippen molar-refractivity contribution in [3.8, 4) is 0 Å². The highest BCUT2D eigenvalue weighted by atomic mass is 19.3. The minimum atomic E-state index is -2.58. The fraction of sp³-hybridized carbons (Fsp3) is 0.200. The Kier molecular flexibility index (Phi) is 4.53. The van der Waals surface area contributed by atoms with Crippen molar-refractivity contribution in [3.63, 3.8) is 0 Å². The largest absolute Gasteiger partial charge is 0.399 e. The fourth-order valence-corrected chi connectivity index (χ4v) is 1.96. The van der Waals surface area contributed by atoms with Crippen LogP contribution < -0.4 is 11.1 Å². The summed E-state index contributed by atoms with van der Waals surface area (Å²) in [5.74, 6) is 0. The Bertz CT molecular complexity index is 588. The van der Waals surface area contributed by atoms with Gasteiger partial charge in [-0.1, -0.05) is 24.3 Å². The Morgan fingerprint density at radius 1 is 1.10 bits per heavy atom. The third kappa shape index (κ3) is 3.45. The van der Waals surface area contributed by atoms with E-state index >= 15 is 0 Å². The number of nitrogen functional groups attached to an aromatic ring is 1. The summed E-state index contributed by atoms with van der Waals surface area (Å²) in [6.07, 6.45) is -2.58. The second-order valence-electron chi connectivity index (χ2n) is 4.48. The van der Waals surface area contributed by atoms with Gasteiger partial charge in [-0.15, -0.1) is 0 Å². The third-order valence-electron chi connectivity index (χ3n) is 2.97. The molecule has 0 bridgehead atoms. The summed E-state index contributed by atoms with van der Waals surface area (Å²) in [7, 11) is 0. The maximum Gasteiger partial charge on any atom is 0.265 e. The molecule has 0 aliphatic carbocycles. The Morgan fingerprint density at radius 3 is 2.55 bits per heavy atom. The number of aliphatic hydroxyl groups excluding tert-OH is 1. The first-order valence-electron chi connectivity index (χ1n) is 6.20. The number of benzene rings is 2. The minimum Gasteiger partial charge on any atom is -0.399 e. The maximum atomic E-state index is 12.9. The molecule has 0 amide bonds. The zero-order valence-electron chi connectivity index (χ0n) is 10.8. The molecule has 0 unspecified atom stereocenters. The number of alkyl halides is 2. The molecule has 2 rings (SSSR count). The lowest BCUT2D eigenvalue weighted by Gasteiger charge is -2.13. The second kappa shape index (κ2) is 6.34. The van der Waals surface area contributed by atoms with Gasteiger partial charge in [-0.2, -0.15) is 0 Å². The Morgan fingerprint density at radius 2 is 1.85 bits per heavy atom. The van der Waals surface area contributed by atoms with Crippen molar-refractivity contribution >= 4 is 11.4 Å². The number of hydrogen-bond acceptors (Lipinski definition) is 3. The lowest BCUT2D eigenvalue weighted by Crippen LogP contribution is -2.04. The molecule has 106 valence electrons. The first kappa shape index (κ1) is 14.3. The van der Waals surface area contributed by atoms with Crippen molar-refractivity contribution in [2.45, 2.75) is 19.6 Å². The SMILES string of the molecule is Nc1ccc(NCc2cccc(CO)c2)c(C(F)F)c1. The third-order valence-corrected chi connectivity index (χ3v) is 2.97. The number of anilines is 2. The van der Waals surface area contributed by atoms with Crippen LogP contribution in [0.3, 0.4) is 0 Å². The predicted molar refractivity (Wildman–Crippen MR) is 75.5 cm³/mol. The molecular weight excluding hydrogens is 262 g/mol. The van der Waals surface area contributed by atoms with E-state index in [9.17, 15) is 8.78 Å². The summed E-state index contributed by atoms with van der Waals surface area (Å²) in [4.78, 5) is 0. The van der Waals surface area contributed by atoms with Gasteiger partial charge in [0.2, 0.25) is 0 Å². The molecular formula is C15H16F2N2O. The van der Waals surface area contributed by atoms with E-state index in [0.29, 0.717) is 17.9 Å². The lowest BCUT2D eigenvalue weighted by molar-refractivity contribution is 0.152. The van der Waals surface area contributed by atoms with Crippen molar-refractivity contribution in [1.29, 1.82) is 0 Å². The van der Waals surface area contributed by atoms with Crippen molar-refractivity contribution in [1.82, 2.24) is 0 Å². The van der Waals surface area contributed by atoms with Crippen molar-refractivity contribution in [3.05, 3.63) is 59.2 Å². The van der Waals surface area contributed by atoms with Gasteiger partial charge in [0.1, 0.15) is 0 Å². The molecule has 2 aromatic rings. The number of aliphatic hydroxyl groups is 1. The first-order valence-corrected chi connectivity index (χ1v) is 6.20. The summed E-state index contributed by atoms with van der Waals surface area (Å²) in [5.41, 5.74) is 7.79. The van der Waals surface area contributed by atoms with Gasteiger partial charge >= 0.3 is 0 Å². The predicted octanol–water partition coefficient (Wildman–Crippen LogP) is 3.31. The van der Waals surface area contributed by atoms with Crippen LogP contribution in [-0.2, 0) is 13.2 Å². The van der Waals surface area contributed by atoms with Gasteiger partial charge in [0.15, 0.2) is 0 Å². The molecule has 0 radical (unpaired) electrons. The van der Waals surface area contributed by atoms with Crippen LogP contribution >= 0.6 is 0 Å². The average molecular weight is 278 g/mol. The molecule has 2 aromatic carbocycles. The molecule has 0 saturated heterocycles. The van der Waals surface area contributed by atoms with E-state index in [1.807, 2.05) is 18.2 Å². The van der Waals surface area contributed by atoms with Crippen LogP contribution in [0.5, 0.6) is 0 Å². The van der Waals surface area contributed by atoms with Crippen molar-refractivity contribution < 1.29 is 13.9 Å². The Labute approximate surface area is 116 Å². The van der Waals surface area contributed by atoms with Crippen LogP contribution in [0.2, 0.25) is 0 Å². The van der Waals surface area contributed by atoms with Gasteiger partial charge in [0.25, 0.3) is 6.43 Å². The number of hydrogen-bond donors (Lipinski definition) is 3. The molecule has 0 atom stereocenters. The average Bonchev–Trinajstić information content (AvgIpc) is 2.46. The standard InChI is InChI=1S/C15H16F2N2O/c16-15(17)13-7-12(18)4-5-14(13)19-8-10-2-1-3-11(6-10)9-20/h1-7,15,19-20H,8-9,18H2. The molecule has 0 fully saturated rings. The summed E-state index contributed by atoms with van der Waals surface area (Å²) in [6, 6.07) is 11.7. The number of halogens is 2. The van der Waals surface area contributed by atoms with Gasteiger partial charge in [-0.3, -0.25) is 0 Å². The van der Waals surface area contributed by atoms with Crippen LogP contribution in [0.4, 0.5) is 20.2 Å². The van der Waals surface area contributed by atoms with Crippen LogP contribution in [0.1, 0.15) is 23.1 Å². The molecule has 0 heterocycles. The summed E-state index contributed by atoms with van der Waals surface area (Å²) in [6.45, 7) is 0.357. The molecule has 5 heteroatoms. The molecule has 3 nitrogen and oxygen atoms in total. The summed E-state index contributed by atoms with van der Waals surface area (Å²) < 4.78 is 25.8. The van der Waals surface area contributed by atoms with E-state index in [4.69, 9.17) is 10.8 Å². The molecule has 4 N–H and O–H groups in total. The summed E-state index contributed by atoms with van der Waals surface area (Å²) in [5, 5.41) is 12.0. The van der Waals surface area contributed by atoms with Crippen LogP contribution in [0, 0.1) is 0 Å². The molecule has 0 aliphatic heterocycles. The van der Waals surface area contributed by atoms with Gasteiger partial charge in [-0.25, -0.2) is 8.78 Å². The zero-order valence-corrected chi connectivity index (χ0v) is 10.8. The van der Waals surface area contributed by atoms with Gasteiger partial charge in [0.05, 0.1) is 6.61 Å². The zero-order chi connectivity index (χ0) is 14.5. The molecule has 0 saturated carbocycles. The number of rotatable bonds is 5. The monoisotopic (exact) mass is 278 g/mol. The van der Waals surface area contributed by atoms with E-state index in [2.05, 4.69) is 5.32 Å². The van der Waals surface area contributed by atoms with Crippen molar-refractivity contribution in [2.75, 3.05) is 11.1 Å². The number of nitrogens with one attached hydrogen (secondary N) is 1. The van der Waals surface area contributed by atoms with E-state index in [-0.39, 0.29) is 12.2 Å². The lowest BCUT2D eigenvalue weighted by atomic mass is 10.1. The van der Waals surface area contributed by atoms with Crippen LogP contribution in [-0.4, -0.2) is 5.11 Å². The van der Waals surface area contributed by atoms with Gasteiger partial charge in [0, 0.05) is 23.5 Å². The maximum absolute atomic E-state index is 12.9. The summed E-state index contributed by atoms with van der Waals surface area (Å²) >= 11 is 0. The van der Waals surface area contributed by atoms with E-state index in [0.717, 1.165) is 11.1 Å². The van der Waals surface area contributed by atoms with Gasteiger partial charge in [-0.05, 0) is 29.3 Å². The highest BCUT2D eigenvalue weighted by Gasteiger charge is 2.13.